The van der Waals surface area contributed by atoms with Crippen molar-refractivity contribution in [1.82, 2.24) is 29.7 Å². The van der Waals surface area contributed by atoms with Crippen molar-refractivity contribution >= 4 is 34.6 Å². The van der Waals surface area contributed by atoms with Gasteiger partial charge in [0.25, 0.3) is 5.92 Å². The molecule has 1 aliphatic heterocycles. The zero-order valence-electron chi connectivity index (χ0n) is 22.1. The molecule has 0 amide bonds. The van der Waals surface area contributed by atoms with Gasteiger partial charge in [-0.3, -0.25) is 9.67 Å². The molecule has 40 heavy (non-hydrogen) atoms. The summed E-state index contributed by atoms with van der Waals surface area (Å²) < 4.78 is 43.6. The van der Waals surface area contributed by atoms with E-state index in [1.54, 1.807) is 29.4 Å². The van der Waals surface area contributed by atoms with Crippen LogP contribution >= 0.6 is 0 Å². The Kier molecular flexibility index (Phi) is 7.92. The minimum atomic E-state index is -3.51. The lowest BCUT2D eigenvalue weighted by atomic mass is 10.1. The number of hydrogen-bond acceptors (Lipinski definition) is 9. The van der Waals surface area contributed by atoms with Gasteiger partial charge in [0.1, 0.15) is 29.9 Å². The monoisotopic (exact) mass is 552 g/mol. The highest BCUT2D eigenvalue weighted by Crippen LogP contribution is 2.51. The predicted octanol–water partition coefficient (Wildman–Crippen LogP) is 4.22. The van der Waals surface area contributed by atoms with Gasteiger partial charge in [-0.25, -0.2) is 28.1 Å². The Morgan fingerprint density at radius 1 is 1.15 bits per heavy atom. The first-order valence-electron chi connectivity index (χ1n) is 13.1. The van der Waals surface area contributed by atoms with Gasteiger partial charge in [-0.15, -0.1) is 0 Å². The molecule has 1 atom stereocenters. The van der Waals surface area contributed by atoms with Crippen molar-refractivity contribution in [2.75, 3.05) is 23.9 Å². The molecule has 0 saturated heterocycles. The third kappa shape index (κ3) is 6.19. The van der Waals surface area contributed by atoms with Crippen molar-refractivity contribution in [3.63, 3.8) is 0 Å². The Morgan fingerprint density at radius 2 is 2.00 bits per heavy atom. The van der Waals surface area contributed by atoms with Crippen LogP contribution in [0.3, 0.4) is 0 Å². The first-order chi connectivity index (χ1) is 19.3. The summed E-state index contributed by atoms with van der Waals surface area (Å²) in [6.45, 7) is -1.24. The molecule has 0 aromatic carbocycles. The Morgan fingerprint density at radius 3 is 2.60 bits per heavy atom. The van der Waals surface area contributed by atoms with Gasteiger partial charge in [0.2, 0.25) is 5.95 Å². The molecule has 6 rings (SSSR count). The maximum Gasteiger partial charge on any atom is 0.298 e. The number of pyridine rings is 1. The van der Waals surface area contributed by atoms with E-state index in [0.29, 0.717) is 29.7 Å². The maximum atomic E-state index is 14.4. The fraction of sp³-hybridized carbons (Fsp3) is 0.407. The first kappa shape index (κ1) is 27.4. The van der Waals surface area contributed by atoms with E-state index in [9.17, 15) is 13.2 Å². The van der Waals surface area contributed by atoms with E-state index in [1.807, 2.05) is 19.2 Å². The van der Waals surface area contributed by atoms with Crippen LogP contribution < -0.4 is 16.4 Å². The Labute approximate surface area is 229 Å². The molecule has 2 aliphatic carbocycles. The van der Waals surface area contributed by atoms with Crippen LogP contribution in [0.2, 0.25) is 0 Å². The second kappa shape index (κ2) is 11.5. The molecule has 1 saturated carbocycles. The van der Waals surface area contributed by atoms with Crippen molar-refractivity contribution < 1.29 is 13.2 Å². The zero-order valence-corrected chi connectivity index (χ0v) is 22.1. The molecule has 10 nitrogen and oxygen atoms in total. The Hall–Kier alpha value is -4.13. The van der Waals surface area contributed by atoms with Gasteiger partial charge in [-0.05, 0) is 43.4 Å². The predicted molar refractivity (Wildman–Crippen MR) is 149 cm³/mol. The number of rotatable bonds is 8. The molecule has 3 aromatic heterocycles. The van der Waals surface area contributed by atoms with Gasteiger partial charge in [-0.1, -0.05) is 24.3 Å². The maximum absolute atomic E-state index is 14.4. The summed E-state index contributed by atoms with van der Waals surface area (Å²) in [5.74, 6) is -3.08. The Bertz CT molecular complexity index is 1460. The summed E-state index contributed by atoms with van der Waals surface area (Å²) in [5.41, 5.74) is 7.45. The lowest BCUT2D eigenvalue weighted by molar-refractivity contribution is -0.0488. The van der Waals surface area contributed by atoms with Crippen LogP contribution in [0.1, 0.15) is 37.8 Å². The summed E-state index contributed by atoms with van der Waals surface area (Å²) in [5, 5.41) is 9.73. The molecule has 1 unspecified atom stereocenters. The van der Waals surface area contributed by atoms with E-state index in [2.05, 4.69) is 52.8 Å². The minimum absolute atomic E-state index is 0.144. The number of allylic oxidation sites excluding steroid dienone is 3. The standard InChI is InChI=1S/C24H26F3N7.C3H5N3/c25-14-24(26,27)23(10-11-23)34-21-20-18(8-7-17(31-20)16-6-9-19(28)29-13-16)32-22(33-21)30-12-15-4-2-1-3-5-15;1-6-3-4-2-5-6/h2,4-8,13,19H,1,3,9-12,14,28H2,(H2,30,32,33,34);2-3H,1H3. The van der Waals surface area contributed by atoms with E-state index in [-0.39, 0.29) is 30.8 Å². The van der Waals surface area contributed by atoms with E-state index in [0.717, 1.165) is 24.0 Å². The van der Waals surface area contributed by atoms with Gasteiger partial charge in [0, 0.05) is 31.8 Å². The molecular weight excluding hydrogens is 521 g/mol. The van der Waals surface area contributed by atoms with Crippen molar-refractivity contribution in [1.29, 1.82) is 0 Å². The topological polar surface area (TPSA) is 132 Å². The molecule has 4 heterocycles. The van der Waals surface area contributed by atoms with Gasteiger partial charge in [0.05, 0.1) is 11.2 Å². The number of alkyl halides is 3. The van der Waals surface area contributed by atoms with E-state index in [1.165, 1.54) is 6.33 Å². The second-order valence-corrected chi connectivity index (χ2v) is 9.93. The summed E-state index contributed by atoms with van der Waals surface area (Å²) in [4.78, 5) is 21.6. The van der Waals surface area contributed by atoms with Gasteiger partial charge >= 0.3 is 0 Å². The lowest BCUT2D eigenvalue weighted by Crippen LogP contribution is -2.44. The molecule has 0 spiro atoms. The van der Waals surface area contributed by atoms with Gasteiger partial charge < -0.3 is 16.4 Å². The van der Waals surface area contributed by atoms with Gasteiger partial charge in [0.15, 0.2) is 12.5 Å². The molecule has 0 bridgehead atoms. The number of nitrogens with one attached hydrogen (secondary N) is 2. The molecule has 4 N–H and O–H groups in total. The quantitative estimate of drug-likeness (QED) is 0.379. The number of fused-ring (bicyclic) bond motifs is 1. The molecule has 210 valence electrons. The van der Waals surface area contributed by atoms with Crippen molar-refractivity contribution in [2.45, 2.75) is 49.7 Å². The zero-order chi connectivity index (χ0) is 28.2. The van der Waals surface area contributed by atoms with Crippen LogP contribution in [0.25, 0.3) is 16.6 Å². The van der Waals surface area contributed by atoms with Crippen molar-refractivity contribution in [3.8, 4) is 0 Å². The minimum Gasteiger partial charge on any atom is -0.357 e. The number of halogens is 3. The summed E-state index contributed by atoms with van der Waals surface area (Å²) in [7, 11) is 1.83. The van der Waals surface area contributed by atoms with Crippen molar-refractivity contribution in [3.05, 3.63) is 60.4 Å². The van der Waals surface area contributed by atoms with Gasteiger partial charge in [-0.2, -0.15) is 10.1 Å². The first-order valence-corrected chi connectivity index (χ1v) is 13.1. The lowest BCUT2D eigenvalue weighted by Gasteiger charge is -2.26. The molecule has 0 radical (unpaired) electrons. The van der Waals surface area contributed by atoms with E-state index in [4.69, 9.17) is 5.73 Å². The average molecular weight is 553 g/mol. The average Bonchev–Trinajstić information content (AvgIpc) is 3.62. The number of aryl methyl sites for hydroxylation is 1. The highest BCUT2D eigenvalue weighted by molar-refractivity contribution is 6.10. The van der Waals surface area contributed by atoms with Crippen LogP contribution in [0.15, 0.2) is 59.7 Å². The van der Waals surface area contributed by atoms with Crippen LogP contribution in [0.5, 0.6) is 0 Å². The normalized spacial score (nSPS) is 19.4. The number of hydrogen-bond donors (Lipinski definition) is 3. The molecule has 3 aliphatic rings. The molecule has 1 fully saturated rings. The fourth-order valence-corrected chi connectivity index (χ4v) is 4.36. The third-order valence-corrected chi connectivity index (χ3v) is 6.85. The fourth-order valence-electron chi connectivity index (χ4n) is 4.36. The summed E-state index contributed by atoms with van der Waals surface area (Å²) in [6.07, 6.45) is 15.5. The van der Waals surface area contributed by atoms with Crippen molar-refractivity contribution in [2.24, 2.45) is 17.8 Å². The third-order valence-electron chi connectivity index (χ3n) is 6.85. The van der Waals surface area contributed by atoms with Crippen LogP contribution in [-0.4, -0.2) is 66.8 Å². The van der Waals surface area contributed by atoms with Crippen LogP contribution in [0, 0.1) is 0 Å². The summed E-state index contributed by atoms with van der Waals surface area (Å²) >= 11 is 0. The number of aromatic nitrogens is 6. The SMILES string of the molecule is Cn1cncn1.NC1CC=C(c2ccc3nc(NCC4=CCCC=C4)nc(NC4(C(F)(F)CF)CC4)c3n2)C=N1. The second-order valence-electron chi connectivity index (χ2n) is 9.93. The number of dihydropyridines is 1. The molecule has 3 aromatic rings. The number of anilines is 2. The Balaban J connectivity index is 0.000000477. The number of nitrogens with two attached hydrogens (primary N) is 1. The number of nitrogens with zero attached hydrogens (tertiary/aromatic N) is 7. The largest absolute Gasteiger partial charge is 0.357 e. The highest BCUT2D eigenvalue weighted by Gasteiger charge is 2.62. The smallest absolute Gasteiger partial charge is 0.298 e. The number of aliphatic imine (C=N–C) groups is 1. The van der Waals surface area contributed by atoms with E-state index < -0.39 is 18.1 Å². The van der Waals surface area contributed by atoms with Crippen LogP contribution in [0.4, 0.5) is 24.9 Å². The molecule has 13 heteroatoms. The van der Waals surface area contributed by atoms with Crippen LogP contribution in [-0.2, 0) is 7.05 Å². The molecular formula is C27H31F3N10. The summed E-state index contributed by atoms with van der Waals surface area (Å²) in [6, 6.07) is 3.57. The van der Waals surface area contributed by atoms with E-state index >= 15 is 0 Å². The highest BCUT2D eigenvalue weighted by atomic mass is 19.3.